The summed E-state index contributed by atoms with van der Waals surface area (Å²) in [5.74, 6) is 0. The van der Waals surface area contributed by atoms with E-state index in [1.807, 2.05) is 6.92 Å². The van der Waals surface area contributed by atoms with Crippen molar-refractivity contribution in [2.45, 2.75) is 6.92 Å². The number of rotatable bonds is 1. The van der Waals surface area contributed by atoms with Crippen LogP contribution >= 0.6 is 0 Å². The minimum atomic E-state index is 0.417. The molecule has 0 aliphatic carbocycles. The Hall–Kier alpha value is -1.12. The zero-order valence-corrected chi connectivity index (χ0v) is 5.46. The van der Waals surface area contributed by atoms with Gasteiger partial charge in [0.1, 0.15) is 0 Å². The van der Waals surface area contributed by atoms with Crippen molar-refractivity contribution < 1.29 is 4.74 Å². The average molecular weight is 124 g/mol. The van der Waals surface area contributed by atoms with Gasteiger partial charge >= 0.3 is 6.01 Å². The first kappa shape index (κ1) is 6.01. The number of nitrogens with zero attached hydrogens (tertiary/aromatic N) is 2. The summed E-state index contributed by atoms with van der Waals surface area (Å²) in [6.07, 6.45) is 3.43. The molecule has 1 aromatic heterocycles. The van der Waals surface area contributed by atoms with Crippen LogP contribution in [0, 0.1) is 6.92 Å². The monoisotopic (exact) mass is 124 g/mol. The fraction of sp³-hybridized carbons (Fsp3) is 0.333. The van der Waals surface area contributed by atoms with Crippen molar-refractivity contribution in [2.24, 2.45) is 0 Å². The molecule has 1 rings (SSSR count). The normalized spacial score (nSPS) is 9.11. The van der Waals surface area contributed by atoms with E-state index in [0.29, 0.717) is 6.01 Å². The van der Waals surface area contributed by atoms with Crippen molar-refractivity contribution >= 4 is 0 Å². The van der Waals surface area contributed by atoms with Crippen LogP contribution in [0.15, 0.2) is 12.4 Å². The van der Waals surface area contributed by atoms with E-state index in [1.165, 1.54) is 0 Å². The van der Waals surface area contributed by atoms with Crippen LogP contribution in [-0.2, 0) is 0 Å². The van der Waals surface area contributed by atoms with Crippen LogP contribution < -0.4 is 4.74 Å². The fourth-order valence-corrected chi connectivity index (χ4v) is 0.486. The molecule has 9 heavy (non-hydrogen) atoms. The van der Waals surface area contributed by atoms with Gasteiger partial charge in [0.25, 0.3) is 0 Å². The molecule has 0 unspecified atom stereocenters. The molecule has 0 aliphatic rings. The van der Waals surface area contributed by atoms with Gasteiger partial charge in [-0.25, -0.2) is 9.97 Å². The van der Waals surface area contributed by atoms with E-state index in [-0.39, 0.29) is 0 Å². The van der Waals surface area contributed by atoms with Crippen LogP contribution in [0.1, 0.15) is 5.56 Å². The lowest BCUT2D eigenvalue weighted by molar-refractivity contribution is 0.379. The summed E-state index contributed by atoms with van der Waals surface area (Å²) in [6.45, 7) is 1.93. The molecular weight excluding hydrogens is 116 g/mol. The number of aryl methyl sites for hydroxylation is 1. The van der Waals surface area contributed by atoms with Crippen molar-refractivity contribution in [3.8, 4) is 6.01 Å². The molecule has 0 N–H and O–H groups in total. The van der Waals surface area contributed by atoms with Gasteiger partial charge in [-0.05, 0) is 12.5 Å². The largest absolute Gasteiger partial charge is 0.467 e. The molecule has 3 nitrogen and oxygen atoms in total. The van der Waals surface area contributed by atoms with Crippen molar-refractivity contribution in [1.29, 1.82) is 0 Å². The Morgan fingerprint density at radius 3 is 2.33 bits per heavy atom. The van der Waals surface area contributed by atoms with Crippen LogP contribution in [0.5, 0.6) is 6.01 Å². The summed E-state index contributed by atoms with van der Waals surface area (Å²) >= 11 is 0. The third-order valence-electron chi connectivity index (χ3n) is 0.940. The molecule has 0 atom stereocenters. The molecule has 0 saturated heterocycles. The van der Waals surface area contributed by atoms with Gasteiger partial charge in [-0.1, -0.05) is 0 Å². The molecule has 1 aromatic rings. The lowest BCUT2D eigenvalue weighted by Gasteiger charge is -1.94. The highest BCUT2D eigenvalue weighted by atomic mass is 16.5. The van der Waals surface area contributed by atoms with Crippen LogP contribution in [0.25, 0.3) is 0 Å². The van der Waals surface area contributed by atoms with Gasteiger partial charge < -0.3 is 4.74 Å². The second kappa shape index (κ2) is 2.44. The Kier molecular flexibility index (Phi) is 1.63. The molecule has 48 valence electrons. The predicted molar refractivity (Wildman–Crippen MR) is 33.3 cm³/mol. The highest BCUT2D eigenvalue weighted by molar-refractivity contribution is 5.04. The van der Waals surface area contributed by atoms with Gasteiger partial charge in [0.05, 0.1) is 7.11 Å². The number of ether oxygens (including phenoxy) is 1. The maximum absolute atomic E-state index is 4.75. The van der Waals surface area contributed by atoms with Crippen LogP contribution in [0.4, 0.5) is 0 Å². The summed E-state index contributed by atoms with van der Waals surface area (Å²) in [4.78, 5) is 7.73. The Balaban J connectivity index is 2.88. The van der Waals surface area contributed by atoms with Gasteiger partial charge in [0, 0.05) is 12.4 Å². The molecule has 1 heterocycles. The predicted octanol–water partition coefficient (Wildman–Crippen LogP) is 0.794. The summed E-state index contributed by atoms with van der Waals surface area (Å²) < 4.78 is 4.75. The third-order valence-corrected chi connectivity index (χ3v) is 0.940. The zero-order valence-electron chi connectivity index (χ0n) is 5.46. The average Bonchev–Trinajstić information content (AvgIpc) is 1.90. The standard InChI is InChI=1S/C6H8N2O/c1-5-3-7-6(9-2)8-4-5/h3-4H,1-2H3. The Morgan fingerprint density at radius 2 is 1.89 bits per heavy atom. The molecule has 0 radical (unpaired) electrons. The molecule has 0 aliphatic heterocycles. The van der Waals surface area contributed by atoms with Crippen LogP contribution in [-0.4, -0.2) is 17.1 Å². The second-order valence-corrected chi connectivity index (χ2v) is 1.75. The smallest absolute Gasteiger partial charge is 0.316 e. The molecule has 0 bridgehead atoms. The van der Waals surface area contributed by atoms with E-state index in [1.54, 1.807) is 19.5 Å². The minimum Gasteiger partial charge on any atom is -0.467 e. The van der Waals surface area contributed by atoms with Gasteiger partial charge in [0.2, 0.25) is 0 Å². The topological polar surface area (TPSA) is 35.0 Å². The zero-order chi connectivity index (χ0) is 6.69. The fourth-order valence-electron chi connectivity index (χ4n) is 0.486. The van der Waals surface area contributed by atoms with E-state index in [2.05, 4.69) is 9.97 Å². The highest BCUT2D eigenvalue weighted by Gasteiger charge is 1.89. The van der Waals surface area contributed by atoms with Crippen molar-refractivity contribution in [3.05, 3.63) is 18.0 Å². The van der Waals surface area contributed by atoms with E-state index in [9.17, 15) is 0 Å². The number of methoxy groups -OCH3 is 1. The van der Waals surface area contributed by atoms with Gasteiger partial charge in [-0.2, -0.15) is 0 Å². The van der Waals surface area contributed by atoms with Gasteiger partial charge in [0.15, 0.2) is 0 Å². The highest BCUT2D eigenvalue weighted by Crippen LogP contribution is 1.98. The van der Waals surface area contributed by atoms with Crippen molar-refractivity contribution in [3.63, 3.8) is 0 Å². The number of hydrogen-bond donors (Lipinski definition) is 0. The van der Waals surface area contributed by atoms with Gasteiger partial charge in [-0.3, -0.25) is 0 Å². The van der Waals surface area contributed by atoms with E-state index in [0.717, 1.165) is 5.56 Å². The minimum absolute atomic E-state index is 0.417. The maximum Gasteiger partial charge on any atom is 0.316 e. The molecule has 0 fully saturated rings. The summed E-state index contributed by atoms with van der Waals surface area (Å²) in [5.41, 5.74) is 1.04. The quantitative estimate of drug-likeness (QED) is 0.555. The second-order valence-electron chi connectivity index (χ2n) is 1.75. The Morgan fingerprint density at radius 1 is 1.33 bits per heavy atom. The molecule has 0 aromatic carbocycles. The molecule has 3 heteroatoms. The van der Waals surface area contributed by atoms with E-state index in [4.69, 9.17) is 4.74 Å². The summed E-state index contributed by atoms with van der Waals surface area (Å²) in [7, 11) is 1.55. The summed E-state index contributed by atoms with van der Waals surface area (Å²) in [6, 6.07) is 0.417. The SMILES string of the molecule is COc1ncc(C)cn1. The first-order valence-electron chi connectivity index (χ1n) is 2.65. The molecule has 0 amide bonds. The Labute approximate surface area is 53.7 Å². The number of hydrogen-bond acceptors (Lipinski definition) is 3. The first-order valence-corrected chi connectivity index (χ1v) is 2.65. The van der Waals surface area contributed by atoms with E-state index < -0.39 is 0 Å². The molecule has 0 saturated carbocycles. The van der Waals surface area contributed by atoms with Crippen molar-refractivity contribution in [1.82, 2.24) is 9.97 Å². The maximum atomic E-state index is 4.75. The van der Waals surface area contributed by atoms with Gasteiger partial charge in [-0.15, -0.1) is 0 Å². The van der Waals surface area contributed by atoms with E-state index >= 15 is 0 Å². The lowest BCUT2D eigenvalue weighted by Crippen LogP contribution is -1.90. The van der Waals surface area contributed by atoms with Crippen LogP contribution in [0.2, 0.25) is 0 Å². The van der Waals surface area contributed by atoms with Crippen LogP contribution in [0.3, 0.4) is 0 Å². The molecule has 0 spiro atoms. The lowest BCUT2D eigenvalue weighted by atomic mass is 10.4. The number of aromatic nitrogens is 2. The first-order chi connectivity index (χ1) is 4.33. The Bertz CT molecular complexity index is 183. The van der Waals surface area contributed by atoms with Crippen molar-refractivity contribution in [2.75, 3.05) is 7.11 Å². The molecular formula is C6H8N2O. The summed E-state index contributed by atoms with van der Waals surface area (Å²) in [5, 5.41) is 0. The third kappa shape index (κ3) is 1.38.